The molecule has 1 unspecified atom stereocenters. The van der Waals surface area contributed by atoms with E-state index in [0.717, 1.165) is 12.8 Å². The first-order chi connectivity index (χ1) is 23.5. The normalized spacial score (nSPS) is 21.4. The largest absolute Gasteiger partial charge is 0.508 e. The number of aliphatic hydroxyl groups excluding tert-OH is 1. The van der Waals surface area contributed by atoms with Crippen LogP contribution in [0.2, 0.25) is 0 Å². The Kier molecular flexibility index (Phi) is 9.63. The Labute approximate surface area is 281 Å². The van der Waals surface area contributed by atoms with Crippen molar-refractivity contribution >= 4 is 33.4 Å². The third kappa shape index (κ3) is 6.71. The molecule has 2 aromatic carbocycles. The number of carbonyl (C=O) groups is 1. The van der Waals surface area contributed by atoms with Crippen molar-refractivity contribution < 1.29 is 32.9 Å². The first-order valence-electron chi connectivity index (χ1n) is 16.1. The van der Waals surface area contributed by atoms with Crippen LogP contribution in [0.4, 0.5) is 19.0 Å². The molecule has 49 heavy (non-hydrogen) atoms. The second kappa shape index (κ2) is 13.9. The Morgan fingerprint density at radius 3 is 2.84 bits per heavy atom. The van der Waals surface area contributed by atoms with E-state index >= 15 is 4.39 Å². The van der Waals surface area contributed by atoms with Crippen molar-refractivity contribution in [1.29, 1.82) is 0 Å². The number of hydrogen-bond donors (Lipinski definition) is 3. The number of phenols is 1. The summed E-state index contributed by atoms with van der Waals surface area (Å²) in [5.41, 5.74) is -1.21. The fraction of sp³-hybridized carbons (Fsp3) is 0.389. The number of pyridine rings is 1. The highest BCUT2D eigenvalue weighted by molar-refractivity contribution is 6.03. The summed E-state index contributed by atoms with van der Waals surface area (Å²) in [5, 5.41) is 23.9. The maximum atomic E-state index is 16.9. The summed E-state index contributed by atoms with van der Waals surface area (Å²) < 4.78 is 52.4. The van der Waals surface area contributed by atoms with Crippen LogP contribution in [0.5, 0.6) is 11.8 Å². The monoisotopic (exact) mass is 674 g/mol. The molecule has 4 heterocycles. The summed E-state index contributed by atoms with van der Waals surface area (Å²) in [4.78, 5) is 29.5. The van der Waals surface area contributed by atoms with E-state index in [1.54, 1.807) is 4.90 Å². The minimum atomic E-state index is -1.12. The smallest absolute Gasteiger partial charge is 0.319 e. The van der Waals surface area contributed by atoms with E-state index in [1.165, 1.54) is 36.5 Å². The predicted molar refractivity (Wildman–Crippen MR) is 180 cm³/mol. The highest BCUT2D eigenvalue weighted by Crippen LogP contribution is 2.39. The number of carbonyl (C=O) groups excluding carboxylic acids is 1. The number of hydrogen-bond acceptors (Lipinski definition) is 9. The number of alkyl halides is 1. The zero-order valence-electron chi connectivity index (χ0n) is 27.1. The molecule has 2 saturated heterocycles. The number of nitrogens with zero attached hydrogens (tertiary/aromatic N) is 5. The zero-order chi connectivity index (χ0) is 34.9. The number of likely N-dealkylation sites (tertiary alicyclic amines) is 1. The molecule has 2 aromatic heterocycles. The van der Waals surface area contributed by atoms with Crippen LogP contribution in [0.1, 0.15) is 38.2 Å². The Morgan fingerprint density at radius 1 is 1.27 bits per heavy atom. The van der Waals surface area contributed by atoms with Crippen LogP contribution < -0.4 is 15.0 Å². The third-order valence-corrected chi connectivity index (χ3v) is 9.32. The molecule has 3 N–H and O–H groups in total. The van der Waals surface area contributed by atoms with Gasteiger partial charge in [0, 0.05) is 55.8 Å². The molecule has 6 rings (SSSR count). The molecule has 10 nitrogen and oxygen atoms in total. The highest BCUT2D eigenvalue weighted by atomic mass is 19.1. The Morgan fingerprint density at radius 2 is 2.08 bits per heavy atom. The second-order valence-corrected chi connectivity index (χ2v) is 12.8. The van der Waals surface area contributed by atoms with Gasteiger partial charge in [0.2, 0.25) is 5.91 Å². The molecule has 0 radical (unpaired) electrons. The standard InChI is InChI=1S/C36H37F3N6O4/c1-4-25-28(38)10-9-21-14-24(47)15-26(30(21)25)32-31(39)33-27(17-40-32)34(44-11-7-6-8-23(19-44)41-29(48)5-2)43-35(42-33)49-20-36(3)16-22(37)18-45(36)12-13-46/h1,5,9-10,14-15,17,22-23,46-47H,2,6-8,11-13,16,18-20H2,3H3,(H,41,48)/t22-,23?,36+/m1/s1. The number of phenolic OH excluding ortho intramolecular Hbond substituents is 1. The molecule has 3 atom stereocenters. The minimum Gasteiger partial charge on any atom is -0.508 e. The van der Waals surface area contributed by atoms with E-state index < -0.39 is 23.3 Å². The van der Waals surface area contributed by atoms with Crippen LogP contribution in [-0.4, -0.2) is 93.1 Å². The molecular formula is C36H37F3N6O4. The summed E-state index contributed by atoms with van der Waals surface area (Å²) in [6, 6.07) is 4.87. The lowest BCUT2D eigenvalue weighted by Crippen LogP contribution is -2.47. The van der Waals surface area contributed by atoms with Crippen LogP contribution in [0.25, 0.3) is 32.9 Å². The van der Waals surface area contributed by atoms with E-state index in [0.29, 0.717) is 30.7 Å². The maximum absolute atomic E-state index is 16.9. The molecule has 0 saturated carbocycles. The van der Waals surface area contributed by atoms with Crippen LogP contribution >= 0.6 is 0 Å². The van der Waals surface area contributed by atoms with E-state index in [4.69, 9.17) is 16.1 Å². The summed E-state index contributed by atoms with van der Waals surface area (Å²) in [7, 11) is 0. The maximum Gasteiger partial charge on any atom is 0.319 e. The number of halogens is 3. The molecule has 1 amide bonds. The molecule has 0 spiro atoms. The number of benzene rings is 2. The van der Waals surface area contributed by atoms with Crippen LogP contribution in [0.15, 0.2) is 43.1 Å². The van der Waals surface area contributed by atoms with Crippen LogP contribution in [-0.2, 0) is 4.79 Å². The number of ether oxygens (including phenoxy) is 1. The quantitative estimate of drug-likeness (QED) is 0.172. The number of terminal acetylenes is 1. The molecule has 2 fully saturated rings. The number of aliphatic hydroxyl groups is 1. The van der Waals surface area contributed by atoms with Gasteiger partial charge in [0.1, 0.15) is 41.4 Å². The Balaban J connectivity index is 1.50. The fourth-order valence-corrected chi connectivity index (χ4v) is 6.96. The highest BCUT2D eigenvalue weighted by Gasteiger charge is 2.43. The average Bonchev–Trinajstić information content (AvgIpc) is 3.20. The van der Waals surface area contributed by atoms with Crippen molar-refractivity contribution in [3.05, 3.63) is 60.3 Å². The summed E-state index contributed by atoms with van der Waals surface area (Å²) in [5.74, 6) is 0.571. The van der Waals surface area contributed by atoms with Crippen molar-refractivity contribution in [2.75, 3.05) is 44.3 Å². The minimum absolute atomic E-state index is 0.0437. The predicted octanol–water partition coefficient (Wildman–Crippen LogP) is 4.64. The van der Waals surface area contributed by atoms with Gasteiger partial charge in [0.15, 0.2) is 5.82 Å². The van der Waals surface area contributed by atoms with Gasteiger partial charge in [0.25, 0.3) is 0 Å². The molecule has 2 aliphatic heterocycles. The van der Waals surface area contributed by atoms with E-state index in [9.17, 15) is 23.8 Å². The number of nitrogens with one attached hydrogen (secondary N) is 1. The van der Waals surface area contributed by atoms with Gasteiger partial charge in [-0.3, -0.25) is 14.7 Å². The van der Waals surface area contributed by atoms with Crippen molar-refractivity contribution in [2.24, 2.45) is 0 Å². The van der Waals surface area contributed by atoms with Crippen molar-refractivity contribution in [1.82, 2.24) is 25.2 Å². The SMILES string of the molecule is C#Cc1c(F)ccc2cc(O)cc(-c3ncc4c(N5CCCCC(NC(=O)C=C)C5)nc(OC[C@]5(C)C[C@@H](F)CN5CCO)nc4c3F)c12. The fourth-order valence-electron chi connectivity index (χ4n) is 6.96. The van der Waals surface area contributed by atoms with Crippen LogP contribution in [0, 0.1) is 24.0 Å². The van der Waals surface area contributed by atoms with Gasteiger partial charge in [0.05, 0.1) is 23.1 Å². The van der Waals surface area contributed by atoms with Gasteiger partial charge in [-0.2, -0.15) is 9.97 Å². The lowest BCUT2D eigenvalue weighted by molar-refractivity contribution is -0.117. The van der Waals surface area contributed by atoms with Crippen molar-refractivity contribution in [3.63, 3.8) is 0 Å². The van der Waals surface area contributed by atoms with Crippen molar-refractivity contribution in [2.45, 2.75) is 50.4 Å². The van der Waals surface area contributed by atoms with Crippen LogP contribution in [0.3, 0.4) is 0 Å². The van der Waals surface area contributed by atoms with Crippen molar-refractivity contribution in [3.8, 4) is 35.4 Å². The molecule has 0 bridgehead atoms. The lowest BCUT2D eigenvalue weighted by atomic mass is 9.96. The average molecular weight is 675 g/mol. The van der Waals surface area contributed by atoms with Gasteiger partial charge >= 0.3 is 6.01 Å². The number of rotatable bonds is 9. The molecule has 4 aromatic rings. The van der Waals surface area contributed by atoms with Gasteiger partial charge in [-0.25, -0.2) is 13.2 Å². The summed E-state index contributed by atoms with van der Waals surface area (Å²) in [6.45, 7) is 6.43. The number of aromatic nitrogens is 3. The van der Waals surface area contributed by atoms with E-state index in [1.807, 2.05) is 11.8 Å². The van der Waals surface area contributed by atoms with Gasteiger partial charge in [-0.1, -0.05) is 18.6 Å². The Hall–Kier alpha value is -4.93. The Bertz CT molecular complexity index is 1970. The number of β-amino-alcohol motifs (C(OH)–C–C–N with tert-alkyl or cyclic N) is 1. The molecule has 256 valence electrons. The lowest BCUT2D eigenvalue weighted by Gasteiger charge is -2.34. The first kappa shape index (κ1) is 34.0. The molecule has 0 aliphatic carbocycles. The zero-order valence-corrected chi connectivity index (χ0v) is 27.1. The van der Waals surface area contributed by atoms with Gasteiger partial charge in [-0.05, 0) is 55.8 Å². The third-order valence-electron chi connectivity index (χ3n) is 9.32. The molecular weight excluding hydrogens is 637 g/mol. The van der Waals surface area contributed by atoms with Gasteiger partial charge < -0.3 is 25.2 Å². The van der Waals surface area contributed by atoms with E-state index in [2.05, 4.69) is 27.8 Å². The molecule has 2 aliphatic rings. The second-order valence-electron chi connectivity index (χ2n) is 12.8. The number of aromatic hydroxyl groups is 1. The summed E-state index contributed by atoms with van der Waals surface area (Å²) in [6.07, 6.45) is 9.62. The van der Waals surface area contributed by atoms with E-state index in [-0.39, 0.29) is 89.5 Å². The van der Waals surface area contributed by atoms with Gasteiger partial charge in [-0.15, -0.1) is 6.42 Å². The number of anilines is 1. The molecule has 13 heteroatoms. The summed E-state index contributed by atoms with van der Waals surface area (Å²) >= 11 is 0. The first-order valence-corrected chi connectivity index (χ1v) is 16.1. The topological polar surface area (TPSA) is 124 Å². The number of amides is 1. The number of fused-ring (bicyclic) bond motifs is 2.